The van der Waals surface area contributed by atoms with E-state index in [1.807, 2.05) is 0 Å². The second-order valence-corrected chi connectivity index (χ2v) is 3.03. The van der Waals surface area contributed by atoms with Crippen LogP contribution in [0.3, 0.4) is 0 Å². The van der Waals surface area contributed by atoms with E-state index in [1.165, 1.54) is 24.3 Å². The molecule has 0 radical (unpaired) electrons. The van der Waals surface area contributed by atoms with E-state index >= 15 is 0 Å². The Bertz CT molecular complexity index is 402. The predicted molar refractivity (Wildman–Crippen MR) is 60.8 cm³/mol. The molecule has 1 aliphatic rings. The highest BCUT2D eigenvalue weighted by molar-refractivity contribution is 6.14. The van der Waals surface area contributed by atoms with Crippen LogP contribution < -0.4 is 5.73 Å². The standard InChI is InChI=1S/C6H7NO.C6H4O2/c7-5-3-1-2-4-6(5)8;7-5-1-2-6(8)4-3-5/h1-4,8H,7H2;1-4H. The van der Waals surface area contributed by atoms with Gasteiger partial charge in [0.2, 0.25) is 0 Å². The van der Waals surface area contributed by atoms with Crippen LogP contribution >= 0.6 is 0 Å². The lowest BCUT2D eigenvalue weighted by atomic mass is 10.2. The summed E-state index contributed by atoms with van der Waals surface area (Å²) < 4.78 is 0. The Hall–Kier alpha value is -2.36. The van der Waals surface area contributed by atoms with Gasteiger partial charge in [-0.25, -0.2) is 0 Å². The number of benzene rings is 1. The monoisotopic (exact) mass is 217 g/mol. The molecule has 1 aromatic rings. The van der Waals surface area contributed by atoms with Gasteiger partial charge in [-0.05, 0) is 36.4 Å². The van der Waals surface area contributed by atoms with Crippen LogP contribution in [0.1, 0.15) is 0 Å². The van der Waals surface area contributed by atoms with Crippen molar-refractivity contribution in [3.8, 4) is 5.75 Å². The van der Waals surface area contributed by atoms with Crippen LogP contribution in [0.2, 0.25) is 0 Å². The zero-order valence-electron chi connectivity index (χ0n) is 8.46. The number of aromatic hydroxyl groups is 1. The second kappa shape index (κ2) is 5.50. The largest absolute Gasteiger partial charge is 0.506 e. The molecule has 0 saturated carbocycles. The number of ketones is 2. The van der Waals surface area contributed by atoms with E-state index in [1.54, 1.807) is 24.3 Å². The Morgan fingerprint density at radius 2 is 1.31 bits per heavy atom. The van der Waals surface area contributed by atoms with Crippen LogP contribution in [-0.4, -0.2) is 16.7 Å². The number of phenols is 1. The van der Waals surface area contributed by atoms with Gasteiger partial charge >= 0.3 is 0 Å². The number of allylic oxidation sites excluding steroid dienone is 4. The van der Waals surface area contributed by atoms with Gasteiger partial charge in [0.25, 0.3) is 0 Å². The molecule has 16 heavy (non-hydrogen) atoms. The third-order valence-corrected chi connectivity index (χ3v) is 1.76. The zero-order chi connectivity index (χ0) is 12.0. The highest BCUT2D eigenvalue weighted by Crippen LogP contribution is 2.16. The summed E-state index contributed by atoms with van der Waals surface area (Å²) in [5.41, 5.74) is 5.69. The molecule has 82 valence electrons. The Labute approximate surface area is 92.7 Å². The number of rotatable bonds is 0. The maximum atomic E-state index is 10.3. The topological polar surface area (TPSA) is 80.4 Å². The quantitative estimate of drug-likeness (QED) is 0.389. The Kier molecular flexibility index (Phi) is 4.03. The molecule has 0 amide bonds. The fourth-order valence-corrected chi connectivity index (χ4v) is 0.927. The Morgan fingerprint density at radius 1 is 0.875 bits per heavy atom. The molecular formula is C12H11NO3. The van der Waals surface area contributed by atoms with Gasteiger partial charge in [-0.1, -0.05) is 12.1 Å². The first-order valence-electron chi connectivity index (χ1n) is 4.57. The average molecular weight is 217 g/mol. The summed E-state index contributed by atoms with van der Waals surface area (Å²) in [6, 6.07) is 6.70. The number of nitrogens with two attached hydrogens (primary N) is 1. The number of phenolic OH excluding ortho intramolecular Hbond substituents is 1. The molecule has 0 atom stereocenters. The van der Waals surface area contributed by atoms with Crippen LogP contribution in [0.4, 0.5) is 5.69 Å². The van der Waals surface area contributed by atoms with Gasteiger partial charge in [0, 0.05) is 0 Å². The van der Waals surface area contributed by atoms with Gasteiger partial charge in [-0.2, -0.15) is 0 Å². The van der Waals surface area contributed by atoms with E-state index in [9.17, 15) is 9.59 Å². The Morgan fingerprint density at radius 3 is 1.62 bits per heavy atom. The van der Waals surface area contributed by atoms with Crippen LogP contribution in [0.5, 0.6) is 5.75 Å². The smallest absolute Gasteiger partial charge is 0.178 e. The van der Waals surface area contributed by atoms with E-state index in [4.69, 9.17) is 10.8 Å². The van der Waals surface area contributed by atoms with Crippen molar-refractivity contribution in [2.24, 2.45) is 0 Å². The molecule has 0 saturated heterocycles. The minimum atomic E-state index is -0.121. The number of anilines is 1. The predicted octanol–water partition coefficient (Wildman–Crippen LogP) is 1.22. The van der Waals surface area contributed by atoms with E-state index in [2.05, 4.69) is 0 Å². The van der Waals surface area contributed by atoms with Gasteiger partial charge < -0.3 is 10.8 Å². The zero-order valence-corrected chi connectivity index (χ0v) is 8.46. The van der Waals surface area contributed by atoms with Crippen molar-refractivity contribution in [2.45, 2.75) is 0 Å². The van der Waals surface area contributed by atoms with Crippen LogP contribution in [0, 0.1) is 0 Å². The summed E-state index contributed by atoms with van der Waals surface area (Å²) >= 11 is 0. The van der Waals surface area contributed by atoms with Crippen molar-refractivity contribution in [2.75, 3.05) is 5.73 Å². The maximum absolute atomic E-state index is 10.3. The van der Waals surface area contributed by atoms with Gasteiger partial charge in [0.1, 0.15) is 5.75 Å². The van der Waals surface area contributed by atoms with E-state index in [-0.39, 0.29) is 17.3 Å². The van der Waals surface area contributed by atoms with Gasteiger partial charge in [-0.3, -0.25) is 9.59 Å². The first-order chi connectivity index (χ1) is 7.59. The van der Waals surface area contributed by atoms with E-state index in [0.29, 0.717) is 5.69 Å². The van der Waals surface area contributed by atoms with Gasteiger partial charge in [0.15, 0.2) is 11.6 Å². The summed E-state index contributed by atoms with van der Waals surface area (Å²) in [7, 11) is 0. The molecule has 4 heteroatoms. The fraction of sp³-hybridized carbons (Fsp3) is 0. The number of hydrogen-bond donors (Lipinski definition) is 2. The van der Waals surface area contributed by atoms with E-state index in [0.717, 1.165) is 0 Å². The fourth-order valence-electron chi connectivity index (χ4n) is 0.927. The molecule has 0 spiro atoms. The molecule has 1 aliphatic carbocycles. The lowest BCUT2D eigenvalue weighted by Gasteiger charge is -1.92. The molecule has 0 aliphatic heterocycles. The highest BCUT2D eigenvalue weighted by atomic mass is 16.3. The SMILES string of the molecule is Nc1ccccc1O.O=C1C=CC(=O)C=C1. The van der Waals surface area contributed by atoms with Crippen molar-refractivity contribution < 1.29 is 14.7 Å². The molecule has 4 nitrogen and oxygen atoms in total. The van der Waals surface area contributed by atoms with Gasteiger partial charge in [0.05, 0.1) is 5.69 Å². The van der Waals surface area contributed by atoms with Gasteiger partial charge in [-0.15, -0.1) is 0 Å². The molecule has 0 fully saturated rings. The lowest BCUT2D eigenvalue weighted by Crippen LogP contribution is -1.97. The number of hydrogen-bond acceptors (Lipinski definition) is 4. The van der Waals surface area contributed by atoms with Crippen molar-refractivity contribution >= 4 is 17.3 Å². The molecule has 0 unspecified atom stereocenters. The minimum Gasteiger partial charge on any atom is -0.506 e. The summed E-state index contributed by atoms with van der Waals surface area (Å²) in [5.74, 6) is -0.0956. The molecule has 3 N–H and O–H groups in total. The van der Waals surface area contributed by atoms with Crippen molar-refractivity contribution in [3.63, 3.8) is 0 Å². The summed E-state index contributed by atoms with van der Waals surface area (Å²) in [6.45, 7) is 0. The summed E-state index contributed by atoms with van der Waals surface area (Å²) in [5, 5.41) is 8.79. The maximum Gasteiger partial charge on any atom is 0.178 e. The van der Waals surface area contributed by atoms with Crippen LogP contribution in [0.25, 0.3) is 0 Å². The third kappa shape index (κ3) is 3.79. The minimum absolute atomic E-state index is 0.121. The number of carbonyl (C=O) groups is 2. The molecule has 0 aromatic heterocycles. The summed E-state index contributed by atoms with van der Waals surface area (Å²) in [4.78, 5) is 20.6. The van der Waals surface area contributed by atoms with Crippen LogP contribution in [0.15, 0.2) is 48.6 Å². The third-order valence-electron chi connectivity index (χ3n) is 1.76. The van der Waals surface area contributed by atoms with Crippen LogP contribution in [-0.2, 0) is 9.59 Å². The summed E-state index contributed by atoms with van der Waals surface area (Å²) in [6.07, 6.45) is 5.01. The van der Waals surface area contributed by atoms with Crippen molar-refractivity contribution in [1.29, 1.82) is 0 Å². The molecular weight excluding hydrogens is 206 g/mol. The normalized spacial score (nSPS) is 13.2. The molecule has 2 rings (SSSR count). The van der Waals surface area contributed by atoms with Crippen molar-refractivity contribution in [1.82, 2.24) is 0 Å². The first kappa shape index (κ1) is 11.7. The number of nitrogen functional groups attached to an aromatic ring is 1. The number of carbonyl (C=O) groups excluding carboxylic acids is 2. The highest BCUT2D eigenvalue weighted by Gasteiger charge is 1.97. The van der Waals surface area contributed by atoms with E-state index < -0.39 is 0 Å². The number of para-hydroxylation sites is 2. The van der Waals surface area contributed by atoms with Crippen molar-refractivity contribution in [3.05, 3.63) is 48.6 Å². The average Bonchev–Trinajstić information content (AvgIpc) is 2.28. The first-order valence-corrected chi connectivity index (χ1v) is 4.57. The molecule has 1 aromatic carbocycles. The molecule has 0 bridgehead atoms. The molecule has 0 heterocycles. The Balaban J connectivity index is 0.000000160. The lowest BCUT2D eigenvalue weighted by molar-refractivity contribution is -0.113. The second-order valence-electron chi connectivity index (χ2n) is 3.03.